The maximum Gasteiger partial charge on any atom is 0.263 e. The van der Waals surface area contributed by atoms with E-state index in [2.05, 4.69) is 10.3 Å². The number of aryl methyl sites for hydroxylation is 2. The van der Waals surface area contributed by atoms with Gasteiger partial charge in [0.15, 0.2) is 0 Å². The second kappa shape index (κ2) is 6.39. The van der Waals surface area contributed by atoms with Gasteiger partial charge in [-0.1, -0.05) is 0 Å². The van der Waals surface area contributed by atoms with Crippen molar-refractivity contribution in [3.63, 3.8) is 0 Å². The number of thiophene rings is 1. The highest BCUT2D eigenvalue weighted by molar-refractivity contribution is 7.18. The summed E-state index contributed by atoms with van der Waals surface area (Å²) in [5.74, 6) is 0.675. The molecule has 6 nitrogen and oxygen atoms in total. The fourth-order valence-electron chi connectivity index (χ4n) is 3.38. The first-order valence-electron chi connectivity index (χ1n) is 8.52. The summed E-state index contributed by atoms with van der Waals surface area (Å²) >= 11 is 1.70. The van der Waals surface area contributed by atoms with Gasteiger partial charge in [0.05, 0.1) is 11.7 Å². The summed E-state index contributed by atoms with van der Waals surface area (Å²) < 4.78 is 3.77. The molecular weight excluding hydrogens is 322 g/mol. The number of nitrogens with zero attached hydrogens (tertiary/aromatic N) is 4. The summed E-state index contributed by atoms with van der Waals surface area (Å²) in [6, 6.07) is 0. The summed E-state index contributed by atoms with van der Waals surface area (Å²) in [5.41, 5.74) is 1.36. The molecule has 0 saturated heterocycles. The summed E-state index contributed by atoms with van der Waals surface area (Å²) in [7, 11) is 0. The molecule has 24 heavy (non-hydrogen) atoms. The van der Waals surface area contributed by atoms with Crippen LogP contribution in [-0.4, -0.2) is 25.6 Å². The highest BCUT2D eigenvalue weighted by atomic mass is 32.1. The lowest BCUT2D eigenvalue weighted by atomic mass is 9.97. The number of aromatic nitrogens is 4. The molecule has 3 heterocycles. The van der Waals surface area contributed by atoms with Crippen molar-refractivity contribution in [2.24, 2.45) is 0 Å². The van der Waals surface area contributed by atoms with Gasteiger partial charge in [0, 0.05) is 36.9 Å². The van der Waals surface area contributed by atoms with Gasteiger partial charge < -0.3 is 9.88 Å². The van der Waals surface area contributed by atoms with Crippen LogP contribution >= 0.6 is 11.3 Å². The molecule has 126 valence electrons. The molecule has 0 unspecified atom stereocenters. The summed E-state index contributed by atoms with van der Waals surface area (Å²) in [6.45, 7) is 4.12. The van der Waals surface area contributed by atoms with Gasteiger partial charge >= 0.3 is 0 Å². The second-order valence-corrected chi connectivity index (χ2v) is 7.19. The van der Waals surface area contributed by atoms with E-state index in [4.69, 9.17) is 4.98 Å². The number of nitrogens with one attached hydrogen (secondary N) is 1. The van der Waals surface area contributed by atoms with Crippen molar-refractivity contribution in [3.05, 3.63) is 39.5 Å². The topological polar surface area (TPSA) is 64.7 Å². The molecule has 0 spiro atoms. The first-order chi connectivity index (χ1) is 11.8. The maximum atomic E-state index is 13.0. The van der Waals surface area contributed by atoms with Gasteiger partial charge in [0.1, 0.15) is 4.83 Å². The van der Waals surface area contributed by atoms with Crippen molar-refractivity contribution in [1.29, 1.82) is 0 Å². The van der Waals surface area contributed by atoms with E-state index in [0.29, 0.717) is 19.0 Å². The van der Waals surface area contributed by atoms with Gasteiger partial charge in [0.25, 0.3) is 5.56 Å². The number of imidazole rings is 1. The van der Waals surface area contributed by atoms with E-state index >= 15 is 0 Å². The minimum atomic E-state index is 0.104. The number of hydrogen-bond donors (Lipinski definition) is 1. The van der Waals surface area contributed by atoms with Gasteiger partial charge in [-0.25, -0.2) is 9.97 Å². The summed E-state index contributed by atoms with van der Waals surface area (Å²) in [4.78, 5) is 24.0. The Morgan fingerprint density at radius 2 is 2.21 bits per heavy atom. The van der Waals surface area contributed by atoms with Crippen LogP contribution in [-0.2, 0) is 25.9 Å². The van der Waals surface area contributed by atoms with Crippen LogP contribution in [0, 0.1) is 0 Å². The predicted molar refractivity (Wildman–Crippen MR) is 96.9 cm³/mol. The molecule has 0 atom stereocenters. The minimum absolute atomic E-state index is 0.104. The van der Waals surface area contributed by atoms with Crippen molar-refractivity contribution < 1.29 is 0 Å². The molecule has 4 rings (SSSR count). The van der Waals surface area contributed by atoms with E-state index < -0.39 is 0 Å². The minimum Gasteiger partial charge on any atom is -0.354 e. The monoisotopic (exact) mass is 343 g/mol. The van der Waals surface area contributed by atoms with Crippen LogP contribution in [0.5, 0.6) is 0 Å². The molecular formula is C17H21N5OS. The van der Waals surface area contributed by atoms with Gasteiger partial charge in [-0.2, -0.15) is 0 Å². The van der Waals surface area contributed by atoms with E-state index in [1.807, 2.05) is 17.7 Å². The Balaban J connectivity index is 1.68. The third kappa shape index (κ3) is 2.62. The normalized spacial score (nSPS) is 14.0. The number of anilines is 1. The fraction of sp³-hybridized carbons (Fsp3) is 0.471. The standard InChI is InChI=1S/C17H21N5OS/c1-2-22-16(23)14-12-5-3-4-6-13(12)24-15(14)20-17(22)19-8-10-21-9-7-18-11-21/h7,9,11H,2-6,8,10H2,1H3,(H,19,20). The molecule has 0 saturated carbocycles. The molecule has 0 amide bonds. The Kier molecular flexibility index (Phi) is 4.10. The van der Waals surface area contributed by atoms with E-state index in [-0.39, 0.29) is 5.56 Å². The van der Waals surface area contributed by atoms with E-state index in [9.17, 15) is 4.79 Å². The Morgan fingerprint density at radius 1 is 1.33 bits per heavy atom. The Morgan fingerprint density at radius 3 is 3.00 bits per heavy atom. The summed E-state index contributed by atoms with van der Waals surface area (Å²) in [6.07, 6.45) is 9.99. The fourth-order valence-corrected chi connectivity index (χ4v) is 4.63. The Bertz CT molecular complexity index is 909. The van der Waals surface area contributed by atoms with Crippen LogP contribution in [0.2, 0.25) is 0 Å². The smallest absolute Gasteiger partial charge is 0.263 e. The predicted octanol–water partition coefficient (Wildman–Crippen LogP) is 2.67. The van der Waals surface area contributed by atoms with Crippen LogP contribution in [0.4, 0.5) is 5.95 Å². The lowest BCUT2D eigenvalue weighted by Gasteiger charge is -2.13. The molecule has 0 aliphatic heterocycles. The van der Waals surface area contributed by atoms with Crippen LogP contribution in [0.1, 0.15) is 30.2 Å². The van der Waals surface area contributed by atoms with Gasteiger partial charge in [-0.05, 0) is 38.2 Å². The SMILES string of the molecule is CCn1c(NCCn2ccnc2)nc2sc3c(c2c1=O)CCCC3. The highest BCUT2D eigenvalue weighted by Gasteiger charge is 2.21. The van der Waals surface area contributed by atoms with E-state index in [0.717, 1.165) is 29.6 Å². The molecule has 1 N–H and O–H groups in total. The first-order valence-corrected chi connectivity index (χ1v) is 9.34. The van der Waals surface area contributed by atoms with E-state index in [1.165, 1.54) is 23.3 Å². The van der Waals surface area contributed by atoms with Crippen molar-refractivity contribution in [2.75, 3.05) is 11.9 Å². The Labute approximate surface area is 144 Å². The maximum absolute atomic E-state index is 13.0. The molecule has 3 aromatic rings. The van der Waals surface area contributed by atoms with Crippen molar-refractivity contribution in [1.82, 2.24) is 19.1 Å². The summed E-state index contributed by atoms with van der Waals surface area (Å²) in [5, 5.41) is 4.18. The quantitative estimate of drug-likeness (QED) is 0.773. The Hall–Kier alpha value is -2.15. The van der Waals surface area contributed by atoms with E-state index in [1.54, 1.807) is 28.4 Å². The van der Waals surface area contributed by atoms with Crippen molar-refractivity contribution >= 4 is 27.5 Å². The molecule has 0 radical (unpaired) electrons. The van der Waals surface area contributed by atoms with Gasteiger partial charge in [-0.15, -0.1) is 11.3 Å². The van der Waals surface area contributed by atoms with Gasteiger partial charge in [-0.3, -0.25) is 9.36 Å². The number of rotatable bonds is 5. The third-order valence-corrected chi connectivity index (χ3v) is 5.79. The average molecular weight is 343 g/mol. The first kappa shape index (κ1) is 15.4. The van der Waals surface area contributed by atoms with Crippen LogP contribution in [0.3, 0.4) is 0 Å². The molecule has 0 aromatic carbocycles. The number of hydrogen-bond acceptors (Lipinski definition) is 5. The third-order valence-electron chi connectivity index (χ3n) is 4.60. The van der Waals surface area contributed by atoms with Crippen LogP contribution < -0.4 is 10.9 Å². The molecule has 0 fully saturated rings. The highest BCUT2D eigenvalue weighted by Crippen LogP contribution is 2.34. The van der Waals surface area contributed by atoms with Crippen LogP contribution in [0.15, 0.2) is 23.5 Å². The molecule has 0 bridgehead atoms. The lowest BCUT2D eigenvalue weighted by Crippen LogP contribution is -2.25. The molecule has 1 aliphatic rings. The average Bonchev–Trinajstić information content (AvgIpc) is 3.22. The lowest BCUT2D eigenvalue weighted by molar-refractivity contribution is 0.686. The van der Waals surface area contributed by atoms with Gasteiger partial charge in [0.2, 0.25) is 5.95 Å². The second-order valence-electron chi connectivity index (χ2n) is 6.10. The van der Waals surface area contributed by atoms with Crippen molar-refractivity contribution in [3.8, 4) is 0 Å². The molecule has 7 heteroatoms. The molecule has 1 aliphatic carbocycles. The number of fused-ring (bicyclic) bond motifs is 3. The van der Waals surface area contributed by atoms with Crippen molar-refractivity contribution in [2.45, 2.75) is 45.7 Å². The van der Waals surface area contributed by atoms with Crippen LogP contribution in [0.25, 0.3) is 10.2 Å². The molecule has 3 aromatic heterocycles. The zero-order chi connectivity index (χ0) is 16.5. The largest absolute Gasteiger partial charge is 0.354 e. The zero-order valence-electron chi connectivity index (χ0n) is 13.8. The zero-order valence-corrected chi connectivity index (χ0v) is 14.6.